The summed E-state index contributed by atoms with van der Waals surface area (Å²) in [5, 5.41) is 15.6. The van der Waals surface area contributed by atoms with Crippen LogP contribution in [0.1, 0.15) is 83.7 Å². The van der Waals surface area contributed by atoms with E-state index in [4.69, 9.17) is 4.74 Å². The number of ether oxygens (including phenoxy) is 1. The molecule has 36 heavy (non-hydrogen) atoms. The third-order valence-corrected chi connectivity index (χ3v) is 9.96. The molecule has 0 radical (unpaired) electrons. The van der Waals surface area contributed by atoms with Crippen LogP contribution in [0.15, 0.2) is 10.5 Å². The van der Waals surface area contributed by atoms with Crippen LogP contribution in [-0.4, -0.2) is 39.0 Å². The second-order valence-corrected chi connectivity index (χ2v) is 12.5. The van der Waals surface area contributed by atoms with Gasteiger partial charge in [0.2, 0.25) is 5.91 Å². The average molecular weight is 545 g/mol. The minimum Gasteiger partial charge on any atom is -0.462 e. The lowest BCUT2D eigenvalue weighted by Gasteiger charge is -2.16. The lowest BCUT2D eigenvalue weighted by atomic mass is 9.95. The molecule has 0 fully saturated rings. The van der Waals surface area contributed by atoms with Gasteiger partial charge in [0.15, 0.2) is 11.0 Å². The maximum atomic E-state index is 13.0. The zero-order valence-corrected chi connectivity index (χ0v) is 23.5. The van der Waals surface area contributed by atoms with Crippen molar-refractivity contribution in [2.45, 2.75) is 83.3 Å². The summed E-state index contributed by atoms with van der Waals surface area (Å²) in [5.41, 5.74) is 4.21. The number of aromatic nitrogens is 3. The summed E-state index contributed by atoms with van der Waals surface area (Å²) < 4.78 is 7.46. The number of carbonyl (C=O) groups is 2. The molecule has 3 aromatic rings. The topological polar surface area (TPSA) is 86.1 Å². The number of anilines is 1. The molecule has 0 aromatic carbocycles. The Morgan fingerprint density at radius 3 is 2.56 bits per heavy atom. The number of amides is 1. The summed E-state index contributed by atoms with van der Waals surface area (Å²) in [6.45, 7) is 6.36. The monoisotopic (exact) mass is 544 g/mol. The molecule has 2 aliphatic rings. The zero-order valence-electron chi connectivity index (χ0n) is 21.0. The fraction of sp³-hybridized carbons (Fsp3) is 0.538. The molecule has 10 heteroatoms. The van der Waals surface area contributed by atoms with Gasteiger partial charge in [-0.15, -0.1) is 32.9 Å². The van der Waals surface area contributed by atoms with Crippen molar-refractivity contribution in [3.05, 3.63) is 31.8 Å². The smallest absolute Gasteiger partial charge is 0.341 e. The molecule has 192 valence electrons. The standard InChI is InChI=1S/C26H32N4O3S3/c1-4-33-25(32)22-17-10-6-8-12-20(17)36-24(22)27-21(31)14-35-26-29-28-23(30(26)15(2)3)18-13-34-19-11-7-5-9-16(18)19/h13,15H,4-12,14H2,1-3H3,(H,27,31). The van der Waals surface area contributed by atoms with Crippen LogP contribution in [0.25, 0.3) is 11.4 Å². The SMILES string of the molecule is CCOC(=O)c1c(NC(=O)CSc2nnc(-c3csc4c3CCCC4)n2C(C)C)sc2c1CCCC2. The van der Waals surface area contributed by atoms with Crippen molar-refractivity contribution in [3.63, 3.8) is 0 Å². The molecule has 3 aromatic heterocycles. The second kappa shape index (κ2) is 11.1. The van der Waals surface area contributed by atoms with Gasteiger partial charge in [0, 0.05) is 26.7 Å². The molecule has 0 atom stereocenters. The predicted octanol–water partition coefficient (Wildman–Crippen LogP) is 6.31. The van der Waals surface area contributed by atoms with Gasteiger partial charge >= 0.3 is 5.97 Å². The minimum atomic E-state index is -0.344. The van der Waals surface area contributed by atoms with Crippen molar-refractivity contribution in [2.75, 3.05) is 17.7 Å². The number of rotatable bonds is 8. The Bertz CT molecular complexity index is 1270. The van der Waals surface area contributed by atoms with Crippen molar-refractivity contribution in [1.29, 1.82) is 0 Å². The first-order valence-electron chi connectivity index (χ1n) is 12.8. The molecule has 0 unspecified atom stereocenters. The van der Waals surface area contributed by atoms with Crippen molar-refractivity contribution >= 4 is 51.3 Å². The fourth-order valence-electron chi connectivity index (χ4n) is 5.07. The summed E-state index contributed by atoms with van der Waals surface area (Å²) in [5.74, 6) is 0.583. The van der Waals surface area contributed by atoms with Gasteiger partial charge in [-0.25, -0.2) is 4.79 Å². The summed E-state index contributed by atoms with van der Waals surface area (Å²) in [6, 6.07) is 0.166. The van der Waals surface area contributed by atoms with Gasteiger partial charge in [-0.1, -0.05) is 11.8 Å². The van der Waals surface area contributed by atoms with Gasteiger partial charge in [-0.05, 0) is 83.3 Å². The average Bonchev–Trinajstić information content (AvgIpc) is 3.57. The maximum Gasteiger partial charge on any atom is 0.341 e. The van der Waals surface area contributed by atoms with E-state index in [-0.39, 0.29) is 23.7 Å². The lowest BCUT2D eigenvalue weighted by molar-refractivity contribution is -0.113. The molecule has 7 nitrogen and oxygen atoms in total. The van der Waals surface area contributed by atoms with E-state index >= 15 is 0 Å². The number of carbonyl (C=O) groups excluding carboxylic acids is 2. The molecule has 5 rings (SSSR count). The number of nitrogens with one attached hydrogen (secondary N) is 1. The second-order valence-electron chi connectivity index (χ2n) is 9.50. The minimum absolute atomic E-state index is 0.156. The van der Waals surface area contributed by atoms with Crippen LogP contribution in [0, 0.1) is 0 Å². The van der Waals surface area contributed by atoms with Gasteiger partial charge in [0.1, 0.15) is 5.00 Å². The highest BCUT2D eigenvalue weighted by Crippen LogP contribution is 2.40. The van der Waals surface area contributed by atoms with E-state index in [0.717, 1.165) is 55.1 Å². The molecule has 0 saturated heterocycles. The number of nitrogens with zero attached hydrogens (tertiary/aromatic N) is 3. The van der Waals surface area contributed by atoms with Crippen molar-refractivity contribution < 1.29 is 14.3 Å². The van der Waals surface area contributed by atoms with Crippen molar-refractivity contribution in [3.8, 4) is 11.4 Å². The predicted molar refractivity (Wildman–Crippen MR) is 147 cm³/mol. The molecule has 0 bridgehead atoms. The van der Waals surface area contributed by atoms with Crippen molar-refractivity contribution in [2.24, 2.45) is 0 Å². The van der Waals surface area contributed by atoms with E-state index in [1.807, 2.05) is 11.3 Å². The van der Waals surface area contributed by atoms with Crippen LogP contribution in [0.4, 0.5) is 5.00 Å². The summed E-state index contributed by atoms with van der Waals surface area (Å²) in [4.78, 5) is 28.4. The van der Waals surface area contributed by atoms with Crippen LogP contribution < -0.4 is 5.32 Å². The van der Waals surface area contributed by atoms with Crippen LogP contribution >= 0.6 is 34.4 Å². The number of aryl methyl sites for hydroxylation is 2. The van der Waals surface area contributed by atoms with E-state index in [9.17, 15) is 9.59 Å². The largest absolute Gasteiger partial charge is 0.462 e. The molecular weight excluding hydrogens is 513 g/mol. The van der Waals surface area contributed by atoms with Crippen LogP contribution in [0.5, 0.6) is 0 Å². The summed E-state index contributed by atoms with van der Waals surface area (Å²) in [6.07, 6.45) is 8.69. The first-order valence-corrected chi connectivity index (χ1v) is 15.4. The molecule has 1 N–H and O–H groups in total. The normalized spacial score (nSPS) is 15.0. The third kappa shape index (κ3) is 4.99. The Kier molecular flexibility index (Phi) is 7.83. The van der Waals surface area contributed by atoms with Gasteiger partial charge in [-0.3, -0.25) is 9.36 Å². The highest BCUT2D eigenvalue weighted by Gasteiger charge is 2.28. The Hall–Kier alpha value is -2.17. The number of hydrogen-bond donors (Lipinski definition) is 1. The first kappa shape index (κ1) is 25.5. The lowest BCUT2D eigenvalue weighted by Crippen LogP contribution is -2.17. The Morgan fingerprint density at radius 1 is 1.08 bits per heavy atom. The molecule has 3 heterocycles. The van der Waals surface area contributed by atoms with Gasteiger partial charge < -0.3 is 10.1 Å². The number of hydrogen-bond acceptors (Lipinski definition) is 8. The highest BCUT2D eigenvalue weighted by atomic mass is 32.2. The maximum absolute atomic E-state index is 13.0. The van der Waals surface area contributed by atoms with E-state index in [2.05, 4.69) is 39.3 Å². The van der Waals surface area contributed by atoms with Crippen molar-refractivity contribution in [1.82, 2.24) is 14.8 Å². The molecule has 0 spiro atoms. The molecular formula is C26H32N4O3S3. The molecule has 1 amide bonds. The van der Waals surface area contributed by atoms with Crippen LogP contribution in [0.2, 0.25) is 0 Å². The van der Waals surface area contributed by atoms with Gasteiger partial charge in [0.25, 0.3) is 0 Å². The Balaban J connectivity index is 1.33. The van der Waals surface area contributed by atoms with E-state index < -0.39 is 0 Å². The highest BCUT2D eigenvalue weighted by molar-refractivity contribution is 7.99. The Morgan fingerprint density at radius 2 is 1.81 bits per heavy atom. The van der Waals surface area contributed by atoms with E-state index in [0.29, 0.717) is 17.2 Å². The number of thiophene rings is 2. The fourth-order valence-corrected chi connectivity index (χ4v) is 8.36. The number of fused-ring (bicyclic) bond motifs is 2. The third-order valence-electron chi connectivity index (χ3n) is 6.72. The van der Waals surface area contributed by atoms with Gasteiger partial charge in [0.05, 0.1) is 17.9 Å². The number of esters is 1. The molecule has 0 aliphatic heterocycles. The van der Waals surface area contributed by atoms with Gasteiger partial charge in [-0.2, -0.15) is 0 Å². The number of thioether (sulfide) groups is 1. The van der Waals surface area contributed by atoms with E-state index in [1.165, 1.54) is 56.8 Å². The molecule has 0 saturated carbocycles. The summed E-state index contributed by atoms with van der Waals surface area (Å²) in [7, 11) is 0. The Labute approximate surface area is 224 Å². The summed E-state index contributed by atoms with van der Waals surface area (Å²) >= 11 is 4.73. The molecule has 2 aliphatic carbocycles. The quantitative estimate of drug-likeness (QED) is 0.264. The van der Waals surface area contributed by atoms with Crippen LogP contribution in [-0.2, 0) is 35.2 Å². The van der Waals surface area contributed by atoms with E-state index in [1.54, 1.807) is 6.92 Å². The van der Waals surface area contributed by atoms with Crippen LogP contribution in [0.3, 0.4) is 0 Å². The zero-order chi connectivity index (χ0) is 25.2. The first-order chi connectivity index (χ1) is 17.5.